The molecule has 7 heteroatoms. The summed E-state index contributed by atoms with van der Waals surface area (Å²) in [6.07, 6.45) is 4.95. The van der Waals surface area contributed by atoms with Gasteiger partial charge in [0.25, 0.3) is 0 Å². The first-order chi connectivity index (χ1) is 9.49. The zero-order chi connectivity index (χ0) is 14.7. The number of amides is 1. The molecule has 0 bridgehead atoms. The predicted octanol–water partition coefficient (Wildman–Crippen LogP) is 1.41. The predicted molar refractivity (Wildman–Crippen MR) is 79.6 cm³/mol. The Morgan fingerprint density at radius 2 is 2.30 bits per heavy atom. The molecular formula is C13H23N5OS. The van der Waals surface area contributed by atoms with E-state index >= 15 is 0 Å². The van der Waals surface area contributed by atoms with Crippen molar-refractivity contribution in [1.29, 1.82) is 0 Å². The highest BCUT2D eigenvalue weighted by Gasteiger charge is 2.29. The van der Waals surface area contributed by atoms with Crippen molar-refractivity contribution in [3.63, 3.8) is 0 Å². The van der Waals surface area contributed by atoms with E-state index in [1.165, 1.54) is 35.6 Å². The van der Waals surface area contributed by atoms with Crippen LogP contribution >= 0.6 is 11.8 Å². The fourth-order valence-electron chi connectivity index (χ4n) is 2.61. The highest BCUT2D eigenvalue weighted by molar-refractivity contribution is 8.00. The maximum absolute atomic E-state index is 12.3. The molecule has 1 aliphatic carbocycles. The highest BCUT2D eigenvalue weighted by Crippen LogP contribution is 2.30. The molecule has 0 radical (unpaired) electrons. The van der Waals surface area contributed by atoms with Gasteiger partial charge in [-0.05, 0) is 25.2 Å². The Morgan fingerprint density at radius 3 is 2.95 bits per heavy atom. The number of nitrogens with zero attached hydrogens (tertiary/aromatic N) is 3. The molecule has 6 nitrogen and oxygen atoms in total. The maximum Gasteiger partial charge on any atom is 0.233 e. The second kappa shape index (κ2) is 6.47. The Bertz CT molecular complexity index is 463. The van der Waals surface area contributed by atoms with E-state index in [1.54, 1.807) is 0 Å². The molecule has 0 aliphatic heterocycles. The molecule has 4 atom stereocenters. The lowest BCUT2D eigenvalue weighted by atomic mass is 9.78. The summed E-state index contributed by atoms with van der Waals surface area (Å²) in [4.78, 5) is 12.3. The third kappa shape index (κ3) is 3.45. The number of rotatable bonds is 4. The van der Waals surface area contributed by atoms with E-state index in [0.29, 0.717) is 17.0 Å². The van der Waals surface area contributed by atoms with E-state index in [0.717, 1.165) is 6.42 Å². The minimum absolute atomic E-state index is 0.0453. The molecule has 1 saturated carbocycles. The lowest BCUT2D eigenvalue weighted by molar-refractivity contribution is -0.121. The smallest absolute Gasteiger partial charge is 0.233 e. The van der Waals surface area contributed by atoms with Crippen LogP contribution in [-0.4, -0.2) is 32.1 Å². The average Bonchev–Trinajstić information content (AvgIpc) is 2.80. The molecule has 1 amide bonds. The molecule has 1 aliphatic rings. The summed E-state index contributed by atoms with van der Waals surface area (Å²) in [5.41, 5.74) is 0. The van der Waals surface area contributed by atoms with Gasteiger partial charge in [0.2, 0.25) is 11.1 Å². The van der Waals surface area contributed by atoms with E-state index in [9.17, 15) is 4.79 Å². The van der Waals surface area contributed by atoms with Crippen molar-refractivity contribution in [2.75, 3.05) is 5.84 Å². The maximum atomic E-state index is 12.3. The Kier molecular flexibility index (Phi) is 4.91. The Balaban J connectivity index is 1.89. The van der Waals surface area contributed by atoms with Gasteiger partial charge < -0.3 is 11.2 Å². The van der Waals surface area contributed by atoms with Crippen molar-refractivity contribution in [2.45, 2.75) is 56.5 Å². The molecule has 3 N–H and O–H groups in total. The van der Waals surface area contributed by atoms with Crippen LogP contribution in [0.2, 0.25) is 0 Å². The summed E-state index contributed by atoms with van der Waals surface area (Å²) in [5, 5.41) is 11.1. The molecule has 1 aromatic heterocycles. The number of nitrogen functional groups attached to an aromatic ring is 1. The number of hydrogen-bond acceptors (Lipinski definition) is 5. The second-order valence-corrected chi connectivity index (χ2v) is 6.97. The number of nitrogens with two attached hydrogens (primary N) is 1. The zero-order valence-corrected chi connectivity index (χ0v) is 13.1. The minimum atomic E-state index is -0.231. The molecule has 0 unspecified atom stereocenters. The van der Waals surface area contributed by atoms with Crippen LogP contribution in [0.4, 0.5) is 0 Å². The summed E-state index contributed by atoms with van der Waals surface area (Å²) < 4.78 is 1.33. The number of carbonyl (C=O) groups is 1. The van der Waals surface area contributed by atoms with Gasteiger partial charge in [0.1, 0.15) is 6.33 Å². The van der Waals surface area contributed by atoms with Gasteiger partial charge in [-0.2, -0.15) is 0 Å². The average molecular weight is 297 g/mol. The first-order valence-electron chi connectivity index (χ1n) is 7.11. The lowest BCUT2D eigenvalue weighted by Gasteiger charge is -2.35. The van der Waals surface area contributed by atoms with Crippen LogP contribution in [-0.2, 0) is 4.79 Å². The minimum Gasteiger partial charge on any atom is -0.352 e. The number of thioether (sulfide) groups is 1. The molecule has 0 aromatic carbocycles. The van der Waals surface area contributed by atoms with Crippen molar-refractivity contribution in [3.8, 4) is 0 Å². The summed E-state index contributed by atoms with van der Waals surface area (Å²) in [7, 11) is 0. The van der Waals surface area contributed by atoms with Gasteiger partial charge in [-0.15, -0.1) is 10.2 Å². The topological polar surface area (TPSA) is 85.8 Å². The molecule has 1 heterocycles. The quantitative estimate of drug-likeness (QED) is 0.648. The van der Waals surface area contributed by atoms with Crippen LogP contribution in [0.15, 0.2) is 11.5 Å². The summed E-state index contributed by atoms with van der Waals surface area (Å²) in [6, 6.07) is 0.282. The van der Waals surface area contributed by atoms with Crippen molar-refractivity contribution in [1.82, 2.24) is 20.2 Å². The third-order valence-electron chi connectivity index (χ3n) is 4.23. The van der Waals surface area contributed by atoms with Crippen LogP contribution in [0.25, 0.3) is 0 Å². The fourth-order valence-corrected chi connectivity index (χ4v) is 3.37. The lowest BCUT2D eigenvalue weighted by Crippen LogP contribution is -2.46. The van der Waals surface area contributed by atoms with Crippen molar-refractivity contribution >= 4 is 17.7 Å². The number of nitrogens with one attached hydrogen (secondary N) is 1. The van der Waals surface area contributed by atoms with Crippen molar-refractivity contribution < 1.29 is 4.79 Å². The standard InChI is InChI=1S/C13H23N5OS/c1-8-5-4-6-11(9(8)2)16-12(19)10(3)20-13-17-15-7-18(13)14/h7-11H,4-6,14H2,1-3H3,(H,16,19)/t8-,9+,10+,11-/m0/s1. The third-order valence-corrected chi connectivity index (χ3v) is 5.30. The molecule has 0 saturated heterocycles. The van der Waals surface area contributed by atoms with Gasteiger partial charge >= 0.3 is 0 Å². The van der Waals surface area contributed by atoms with E-state index in [-0.39, 0.29) is 17.2 Å². The van der Waals surface area contributed by atoms with Crippen LogP contribution in [0.3, 0.4) is 0 Å². The molecule has 0 spiro atoms. The van der Waals surface area contributed by atoms with E-state index < -0.39 is 0 Å². The Hall–Kier alpha value is -1.24. The number of aromatic nitrogens is 3. The highest BCUT2D eigenvalue weighted by atomic mass is 32.2. The number of carbonyl (C=O) groups excluding carboxylic acids is 1. The van der Waals surface area contributed by atoms with Gasteiger partial charge in [-0.3, -0.25) is 4.79 Å². The van der Waals surface area contributed by atoms with Crippen molar-refractivity contribution in [2.24, 2.45) is 11.8 Å². The van der Waals surface area contributed by atoms with E-state index in [1.807, 2.05) is 6.92 Å². The molecule has 112 valence electrons. The van der Waals surface area contributed by atoms with Crippen LogP contribution in [0.5, 0.6) is 0 Å². The van der Waals surface area contributed by atoms with E-state index in [4.69, 9.17) is 5.84 Å². The summed E-state index contributed by atoms with van der Waals surface area (Å²) in [6.45, 7) is 6.35. The SMILES string of the molecule is C[C@H]1[C@@H](NC(=O)[C@@H](C)Sc2nncn2N)CCC[C@@H]1C. The fraction of sp³-hybridized carbons (Fsp3) is 0.769. The Labute approximate surface area is 123 Å². The molecule has 2 rings (SSSR count). The monoisotopic (exact) mass is 297 g/mol. The van der Waals surface area contributed by atoms with Gasteiger partial charge in [-0.1, -0.05) is 38.5 Å². The largest absolute Gasteiger partial charge is 0.352 e. The normalized spacial score (nSPS) is 28.1. The molecule has 1 fully saturated rings. The summed E-state index contributed by atoms with van der Waals surface area (Å²) >= 11 is 1.33. The van der Waals surface area contributed by atoms with Gasteiger partial charge in [0.05, 0.1) is 5.25 Å². The number of hydrogen-bond donors (Lipinski definition) is 2. The molecule has 20 heavy (non-hydrogen) atoms. The van der Waals surface area contributed by atoms with Gasteiger partial charge in [-0.25, -0.2) is 4.68 Å². The Morgan fingerprint density at radius 1 is 1.55 bits per heavy atom. The molecule has 1 aromatic rings. The zero-order valence-electron chi connectivity index (χ0n) is 12.2. The summed E-state index contributed by atoms with van der Waals surface area (Å²) in [5.74, 6) is 6.90. The van der Waals surface area contributed by atoms with Crippen LogP contribution < -0.4 is 11.2 Å². The first kappa shape index (κ1) is 15.2. The van der Waals surface area contributed by atoms with Gasteiger partial charge in [0, 0.05) is 6.04 Å². The van der Waals surface area contributed by atoms with Crippen LogP contribution in [0.1, 0.15) is 40.0 Å². The van der Waals surface area contributed by atoms with Crippen LogP contribution in [0, 0.1) is 11.8 Å². The molecular weight excluding hydrogens is 274 g/mol. The first-order valence-corrected chi connectivity index (χ1v) is 7.99. The van der Waals surface area contributed by atoms with Gasteiger partial charge in [0.15, 0.2) is 0 Å². The second-order valence-electron chi connectivity index (χ2n) is 5.66. The van der Waals surface area contributed by atoms with E-state index in [2.05, 4.69) is 29.4 Å². The van der Waals surface area contributed by atoms with Crippen molar-refractivity contribution in [3.05, 3.63) is 6.33 Å².